The van der Waals surface area contributed by atoms with Crippen LogP contribution >= 0.6 is 0 Å². The van der Waals surface area contributed by atoms with Crippen molar-refractivity contribution in [1.29, 1.82) is 0 Å². The first-order valence-electron chi connectivity index (χ1n) is 6.41. The van der Waals surface area contributed by atoms with Gasteiger partial charge in [-0.2, -0.15) is 0 Å². The van der Waals surface area contributed by atoms with Crippen LogP contribution in [0.2, 0.25) is 0 Å². The number of methoxy groups -OCH3 is 1. The zero-order chi connectivity index (χ0) is 12.5. The summed E-state index contributed by atoms with van der Waals surface area (Å²) in [5.41, 5.74) is 8.01. The van der Waals surface area contributed by atoms with Gasteiger partial charge in [-0.25, -0.2) is 0 Å². The van der Waals surface area contributed by atoms with Gasteiger partial charge in [-0.15, -0.1) is 0 Å². The molecule has 2 atom stereocenters. The average Bonchev–Trinajstić information content (AvgIpc) is 2.32. The Kier molecular flexibility index (Phi) is 3.43. The van der Waals surface area contributed by atoms with E-state index in [0.29, 0.717) is 11.3 Å². The first-order valence-corrected chi connectivity index (χ1v) is 6.41. The molecule has 0 spiro atoms. The Hall–Kier alpha value is -1.02. The molecule has 0 aromatic heterocycles. The van der Waals surface area contributed by atoms with Crippen LogP contribution in [0, 0.1) is 5.41 Å². The van der Waals surface area contributed by atoms with Gasteiger partial charge in [0.25, 0.3) is 0 Å². The quantitative estimate of drug-likeness (QED) is 0.850. The first kappa shape index (κ1) is 12.4. The average molecular weight is 233 g/mol. The molecule has 94 valence electrons. The maximum absolute atomic E-state index is 6.28. The van der Waals surface area contributed by atoms with Crippen molar-refractivity contribution in [3.63, 3.8) is 0 Å². The van der Waals surface area contributed by atoms with Crippen molar-refractivity contribution in [3.05, 3.63) is 29.8 Å². The van der Waals surface area contributed by atoms with Crippen molar-refractivity contribution in [2.24, 2.45) is 11.1 Å². The maximum atomic E-state index is 6.28. The van der Waals surface area contributed by atoms with E-state index in [0.717, 1.165) is 12.2 Å². The summed E-state index contributed by atoms with van der Waals surface area (Å²) in [7, 11) is 1.71. The van der Waals surface area contributed by atoms with Gasteiger partial charge in [-0.3, -0.25) is 0 Å². The monoisotopic (exact) mass is 233 g/mol. The van der Waals surface area contributed by atoms with Crippen LogP contribution < -0.4 is 10.5 Å². The van der Waals surface area contributed by atoms with Crippen LogP contribution in [0.25, 0.3) is 0 Å². The predicted molar refractivity (Wildman–Crippen MR) is 71.3 cm³/mol. The predicted octanol–water partition coefficient (Wildman–Crippen LogP) is 3.32. The van der Waals surface area contributed by atoms with Gasteiger partial charge in [0.05, 0.1) is 7.11 Å². The normalized spacial score (nSPS) is 27.8. The van der Waals surface area contributed by atoms with Crippen molar-refractivity contribution in [3.8, 4) is 5.75 Å². The molecule has 2 unspecified atom stereocenters. The molecular formula is C15H23NO. The lowest BCUT2D eigenvalue weighted by atomic mass is 9.68. The lowest BCUT2D eigenvalue weighted by molar-refractivity contribution is 0.198. The molecule has 0 saturated heterocycles. The Labute approximate surface area is 104 Å². The van der Waals surface area contributed by atoms with Gasteiger partial charge in [0, 0.05) is 6.04 Å². The van der Waals surface area contributed by atoms with Crippen molar-refractivity contribution in [2.75, 3.05) is 7.11 Å². The molecule has 2 N–H and O–H groups in total. The van der Waals surface area contributed by atoms with Gasteiger partial charge in [-0.05, 0) is 48.3 Å². The Morgan fingerprint density at radius 3 is 2.82 bits per heavy atom. The second kappa shape index (κ2) is 4.69. The molecule has 2 nitrogen and oxygen atoms in total. The van der Waals surface area contributed by atoms with Gasteiger partial charge in [0.15, 0.2) is 0 Å². The lowest BCUT2D eigenvalue weighted by Crippen LogP contribution is -2.37. The zero-order valence-electron chi connectivity index (χ0n) is 11.1. The van der Waals surface area contributed by atoms with E-state index in [1.807, 2.05) is 6.07 Å². The summed E-state index contributed by atoms with van der Waals surface area (Å²) in [5, 5.41) is 0. The van der Waals surface area contributed by atoms with Crippen LogP contribution in [0.4, 0.5) is 0 Å². The summed E-state index contributed by atoms with van der Waals surface area (Å²) in [6.07, 6.45) is 3.52. The molecule has 1 aromatic rings. The molecule has 2 rings (SSSR count). The molecule has 17 heavy (non-hydrogen) atoms. The van der Waals surface area contributed by atoms with Crippen molar-refractivity contribution in [2.45, 2.75) is 45.1 Å². The van der Waals surface area contributed by atoms with E-state index < -0.39 is 0 Å². The molecule has 0 radical (unpaired) electrons. The Morgan fingerprint density at radius 2 is 2.12 bits per heavy atom. The summed E-state index contributed by atoms with van der Waals surface area (Å²) in [6.45, 7) is 4.68. The van der Waals surface area contributed by atoms with Gasteiger partial charge in [0.2, 0.25) is 0 Å². The molecule has 1 fully saturated rings. The summed E-state index contributed by atoms with van der Waals surface area (Å²) in [6, 6.07) is 8.64. The highest BCUT2D eigenvalue weighted by atomic mass is 16.5. The molecule has 0 bridgehead atoms. The number of rotatable bonds is 2. The minimum Gasteiger partial charge on any atom is -0.497 e. The second-order valence-electron chi connectivity index (χ2n) is 5.95. The molecule has 1 aliphatic carbocycles. The summed E-state index contributed by atoms with van der Waals surface area (Å²) in [5.74, 6) is 1.40. The molecule has 0 aliphatic heterocycles. The highest BCUT2D eigenvalue weighted by Crippen LogP contribution is 2.43. The highest BCUT2D eigenvalue weighted by Gasteiger charge is 2.33. The summed E-state index contributed by atoms with van der Waals surface area (Å²) >= 11 is 0. The van der Waals surface area contributed by atoms with E-state index in [1.54, 1.807) is 7.11 Å². The van der Waals surface area contributed by atoms with Gasteiger partial charge < -0.3 is 10.5 Å². The number of hydrogen-bond donors (Lipinski definition) is 1. The van der Waals surface area contributed by atoms with Crippen LogP contribution in [0.15, 0.2) is 24.3 Å². The van der Waals surface area contributed by atoms with E-state index in [9.17, 15) is 0 Å². The third-order valence-electron chi connectivity index (χ3n) is 3.97. The van der Waals surface area contributed by atoms with Crippen molar-refractivity contribution in [1.82, 2.24) is 0 Å². The van der Waals surface area contributed by atoms with Crippen LogP contribution in [0.3, 0.4) is 0 Å². The molecule has 0 heterocycles. The van der Waals surface area contributed by atoms with E-state index in [4.69, 9.17) is 10.5 Å². The van der Waals surface area contributed by atoms with E-state index in [1.165, 1.54) is 18.4 Å². The number of hydrogen-bond acceptors (Lipinski definition) is 2. The van der Waals surface area contributed by atoms with Crippen molar-refractivity contribution >= 4 is 0 Å². The highest BCUT2D eigenvalue weighted by molar-refractivity contribution is 5.32. The minimum atomic E-state index is 0.287. The summed E-state index contributed by atoms with van der Waals surface area (Å²) in [4.78, 5) is 0. The summed E-state index contributed by atoms with van der Waals surface area (Å²) < 4.78 is 5.29. The molecule has 0 amide bonds. The molecular weight excluding hydrogens is 210 g/mol. The third-order valence-corrected chi connectivity index (χ3v) is 3.97. The molecule has 1 saturated carbocycles. The maximum Gasteiger partial charge on any atom is 0.119 e. The van der Waals surface area contributed by atoms with Gasteiger partial charge >= 0.3 is 0 Å². The van der Waals surface area contributed by atoms with Crippen LogP contribution in [0.5, 0.6) is 5.75 Å². The smallest absolute Gasteiger partial charge is 0.119 e. The van der Waals surface area contributed by atoms with Gasteiger partial charge in [0.1, 0.15) is 5.75 Å². The Morgan fingerprint density at radius 1 is 1.35 bits per heavy atom. The first-order chi connectivity index (χ1) is 8.02. The largest absolute Gasteiger partial charge is 0.497 e. The number of benzene rings is 1. The fraction of sp³-hybridized carbons (Fsp3) is 0.600. The topological polar surface area (TPSA) is 35.2 Å². The molecule has 1 aromatic carbocycles. The van der Waals surface area contributed by atoms with Crippen molar-refractivity contribution < 1.29 is 4.74 Å². The SMILES string of the molecule is COc1cccc(C2CC(C)(C)CCC2N)c1. The minimum absolute atomic E-state index is 0.287. The third kappa shape index (κ3) is 2.81. The number of ether oxygens (including phenoxy) is 1. The van der Waals surface area contributed by atoms with Crippen LogP contribution in [-0.4, -0.2) is 13.2 Å². The number of nitrogens with two attached hydrogens (primary N) is 1. The van der Waals surface area contributed by atoms with Crippen LogP contribution in [-0.2, 0) is 0 Å². The molecule has 1 aliphatic rings. The zero-order valence-corrected chi connectivity index (χ0v) is 11.1. The second-order valence-corrected chi connectivity index (χ2v) is 5.95. The molecule has 2 heteroatoms. The Balaban J connectivity index is 2.24. The Bertz CT molecular complexity index is 386. The standard InChI is InChI=1S/C15H23NO/c1-15(2)8-7-14(16)13(10-15)11-5-4-6-12(9-11)17-3/h4-6,9,13-14H,7-8,10,16H2,1-3H3. The van der Waals surface area contributed by atoms with Crippen LogP contribution in [0.1, 0.15) is 44.6 Å². The van der Waals surface area contributed by atoms with E-state index >= 15 is 0 Å². The van der Waals surface area contributed by atoms with E-state index in [2.05, 4.69) is 32.0 Å². The fourth-order valence-corrected chi connectivity index (χ4v) is 2.84. The van der Waals surface area contributed by atoms with Gasteiger partial charge in [-0.1, -0.05) is 26.0 Å². The lowest BCUT2D eigenvalue weighted by Gasteiger charge is -2.39. The van der Waals surface area contributed by atoms with E-state index in [-0.39, 0.29) is 6.04 Å². The fourth-order valence-electron chi connectivity index (χ4n) is 2.84.